The van der Waals surface area contributed by atoms with Crippen molar-refractivity contribution in [1.29, 1.82) is 0 Å². The van der Waals surface area contributed by atoms with Gasteiger partial charge in [0.1, 0.15) is 5.54 Å². The zero-order chi connectivity index (χ0) is 14.5. The van der Waals surface area contributed by atoms with Gasteiger partial charge in [-0.2, -0.15) is 0 Å². The first-order valence-corrected chi connectivity index (χ1v) is 7.03. The van der Waals surface area contributed by atoms with Crippen molar-refractivity contribution in [3.63, 3.8) is 0 Å². The Morgan fingerprint density at radius 2 is 2.25 bits per heavy atom. The molecule has 2 amide bonds. The Balaban J connectivity index is 1.67. The van der Waals surface area contributed by atoms with E-state index >= 15 is 0 Å². The van der Waals surface area contributed by atoms with Crippen molar-refractivity contribution >= 4 is 23.4 Å². The smallest absolute Gasteiger partial charge is 0.243 e. The maximum absolute atomic E-state index is 12.3. The topological polar surface area (TPSA) is 89.4 Å². The average molecular weight is 298 g/mol. The van der Waals surface area contributed by atoms with Crippen LogP contribution in [0.15, 0.2) is 4.52 Å². The van der Waals surface area contributed by atoms with Crippen LogP contribution in [-0.2, 0) is 16.0 Å². The van der Waals surface area contributed by atoms with E-state index in [1.807, 2.05) is 0 Å². The first kappa shape index (κ1) is 13.4. The zero-order valence-electron chi connectivity index (χ0n) is 11.2. The number of hydrogen-bond acceptors (Lipinski definition) is 4. The van der Waals surface area contributed by atoms with Crippen LogP contribution in [0.5, 0.6) is 0 Å². The highest BCUT2D eigenvalue weighted by Gasteiger charge is 2.61. The van der Waals surface area contributed by atoms with E-state index in [1.54, 1.807) is 11.8 Å². The fraction of sp³-hybridized carbons (Fsp3) is 0.615. The second-order valence-corrected chi connectivity index (χ2v) is 6.04. The molecule has 1 aromatic heterocycles. The van der Waals surface area contributed by atoms with E-state index in [9.17, 15) is 9.59 Å². The molecule has 3 aliphatic rings. The van der Waals surface area contributed by atoms with Crippen LogP contribution in [0.1, 0.15) is 30.5 Å². The number of carbonyl (C=O) groups excluding carboxylic acids is 2. The molecule has 2 bridgehead atoms. The van der Waals surface area contributed by atoms with Crippen LogP contribution in [0.25, 0.3) is 0 Å². The second kappa shape index (κ2) is 4.48. The molecular formula is C13H16ClN3O3. The number of rotatable bonds is 4. The molecule has 0 atom stereocenters. The number of aromatic nitrogens is 1. The number of halogens is 1. The molecule has 20 heavy (non-hydrogen) atoms. The highest BCUT2D eigenvalue weighted by atomic mass is 35.5. The van der Waals surface area contributed by atoms with Crippen molar-refractivity contribution in [3.8, 4) is 0 Å². The molecule has 2 N–H and O–H groups in total. The summed E-state index contributed by atoms with van der Waals surface area (Å²) in [6.07, 6.45) is 2.16. The lowest BCUT2D eigenvalue weighted by Gasteiger charge is -2.39. The highest BCUT2D eigenvalue weighted by Crippen LogP contribution is 2.50. The largest absolute Gasteiger partial charge is 0.368 e. The van der Waals surface area contributed by atoms with Gasteiger partial charge in [-0.05, 0) is 43.7 Å². The van der Waals surface area contributed by atoms with Crippen LogP contribution in [0, 0.1) is 12.8 Å². The maximum Gasteiger partial charge on any atom is 0.243 e. The van der Waals surface area contributed by atoms with Crippen LogP contribution in [0.3, 0.4) is 0 Å². The lowest BCUT2D eigenvalue weighted by molar-refractivity contribution is -0.144. The highest BCUT2D eigenvalue weighted by molar-refractivity contribution is 6.29. The van der Waals surface area contributed by atoms with Gasteiger partial charge in [0.05, 0.1) is 5.69 Å². The Labute approximate surface area is 121 Å². The van der Waals surface area contributed by atoms with Crippen LogP contribution in [-0.4, -0.2) is 34.0 Å². The summed E-state index contributed by atoms with van der Waals surface area (Å²) >= 11 is 5.87. The number of hydrogen-bond donors (Lipinski definition) is 1. The standard InChI is InChI=1S/C13H16ClN3O3/c1-7-9(11(14)20-16-7)2-3-10(18)17-6-8-4-13(17,5-8)12(15)19/h8H,2-6H2,1H3,(H2,15,19). The molecule has 7 heteroatoms. The summed E-state index contributed by atoms with van der Waals surface area (Å²) in [4.78, 5) is 25.6. The Kier molecular flexibility index (Phi) is 3.01. The fourth-order valence-corrected chi connectivity index (χ4v) is 3.63. The monoisotopic (exact) mass is 297 g/mol. The van der Waals surface area contributed by atoms with Crippen LogP contribution >= 0.6 is 11.6 Å². The second-order valence-electron chi connectivity index (χ2n) is 5.69. The van der Waals surface area contributed by atoms with Gasteiger partial charge in [0, 0.05) is 18.5 Å². The molecule has 3 fully saturated rings. The van der Waals surface area contributed by atoms with Crippen LogP contribution in [0.2, 0.25) is 5.22 Å². The third kappa shape index (κ3) is 1.82. The number of aryl methyl sites for hydroxylation is 1. The van der Waals surface area contributed by atoms with E-state index in [1.165, 1.54) is 0 Å². The van der Waals surface area contributed by atoms with Crippen molar-refractivity contribution < 1.29 is 14.1 Å². The van der Waals surface area contributed by atoms with E-state index in [2.05, 4.69) is 5.16 Å². The molecule has 1 aliphatic carbocycles. The van der Waals surface area contributed by atoms with E-state index in [0.717, 1.165) is 5.56 Å². The average Bonchev–Trinajstić information content (AvgIpc) is 2.99. The SMILES string of the molecule is Cc1noc(Cl)c1CCC(=O)N1CC2CC1(C(N)=O)C2. The molecule has 2 saturated heterocycles. The Morgan fingerprint density at radius 3 is 2.80 bits per heavy atom. The third-order valence-electron chi connectivity index (χ3n) is 4.50. The summed E-state index contributed by atoms with van der Waals surface area (Å²) in [7, 11) is 0. The van der Waals surface area contributed by atoms with Gasteiger partial charge in [-0.3, -0.25) is 9.59 Å². The first-order chi connectivity index (χ1) is 9.44. The number of primary amides is 1. The third-order valence-corrected chi connectivity index (χ3v) is 4.79. The van der Waals surface area contributed by atoms with Crippen LogP contribution < -0.4 is 5.73 Å². The lowest BCUT2D eigenvalue weighted by atomic mass is 9.73. The molecule has 1 saturated carbocycles. The summed E-state index contributed by atoms with van der Waals surface area (Å²) in [6, 6.07) is 0. The number of carbonyl (C=O) groups is 2. The summed E-state index contributed by atoms with van der Waals surface area (Å²) in [5, 5.41) is 3.98. The van der Waals surface area contributed by atoms with E-state index in [0.29, 0.717) is 37.4 Å². The molecule has 1 aromatic rings. The van der Waals surface area contributed by atoms with Crippen LogP contribution in [0.4, 0.5) is 0 Å². The predicted molar refractivity (Wildman–Crippen MR) is 70.9 cm³/mol. The maximum atomic E-state index is 12.3. The molecule has 6 nitrogen and oxygen atoms in total. The molecule has 108 valence electrons. The van der Waals surface area contributed by atoms with Crippen molar-refractivity contribution in [3.05, 3.63) is 16.5 Å². The van der Waals surface area contributed by atoms with E-state index in [4.69, 9.17) is 21.9 Å². The van der Waals surface area contributed by atoms with Gasteiger partial charge in [0.25, 0.3) is 0 Å². The number of nitrogens with zero attached hydrogens (tertiary/aromatic N) is 2. The summed E-state index contributed by atoms with van der Waals surface area (Å²) in [5.74, 6) is -0.0216. The quantitative estimate of drug-likeness (QED) is 0.899. The minimum absolute atomic E-state index is 0.0551. The summed E-state index contributed by atoms with van der Waals surface area (Å²) in [5.41, 5.74) is 6.17. The lowest BCUT2D eigenvalue weighted by Crippen LogP contribution is -2.57. The number of fused-ring (bicyclic) bond motifs is 1. The van der Waals surface area contributed by atoms with Gasteiger partial charge in [0.2, 0.25) is 17.0 Å². The van der Waals surface area contributed by atoms with E-state index < -0.39 is 11.4 Å². The van der Waals surface area contributed by atoms with Gasteiger partial charge >= 0.3 is 0 Å². The zero-order valence-corrected chi connectivity index (χ0v) is 11.9. The molecule has 4 rings (SSSR count). The fourth-order valence-electron chi connectivity index (χ4n) is 3.36. The normalized spacial score (nSPS) is 27.5. The van der Waals surface area contributed by atoms with Gasteiger partial charge in [-0.1, -0.05) is 5.16 Å². The Morgan fingerprint density at radius 1 is 1.55 bits per heavy atom. The summed E-state index contributed by atoms with van der Waals surface area (Å²) < 4.78 is 4.86. The molecule has 0 spiro atoms. The minimum Gasteiger partial charge on any atom is -0.368 e. The van der Waals surface area contributed by atoms with Crippen molar-refractivity contribution in [2.75, 3.05) is 6.54 Å². The molecule has 0 radical (unpaired) electrons. The molecular weight excluding hydrogens is 282 g/mol. The van der Waals surface area contributed by atoms with Gasteiger partial charge in [-0.15, -0.1) is 0 Å². The molecule has 2 aliphatic heterocycles. The first-order valence-electron chi connectivity index (χ1n) is 6.65. The summed E-state index contributed by atoms with van der Waals surface area (Å²) in [6.45, 7) is 2.42. The van der Waals surface area contributed by atoms with Crippen molar-refractivity contribution in [2.24, 2.45) is 11.7 Å². The van der Waals surface area contributed by atoms with Gasteiger partial charge < -0.3 is 15.2 Å². The molecule has 0 unspecified atom stereocenters. The Bertz CT molecular complexity index is 558. The molecule has 3 heterocycles. The molecule has 0 aromatic carbocycles. The van der Waals surface area contributed by atoms with E-state index in [-0.39, 0.29) is 17.5 Å². The van der Waals surface area contributed by atoms with Crippen molar-refractivity contribution in [2.45, 2.75) is 38.1 Å². The Hall–Kier alpha value is -1.56. The predicted octanol–water partition coefficient (Wildman–Crippen LogP) is 1.05. The van der Waals surface area contributed by atoms with Gasteiger partial charge in [-0.25, -0.2) is 0 Å². The minimum atomic E-state index is -0.727. The van der Waals surface area contributed by atoms with Crippen molar-refractivity contribution in [1.82, 2.24) is 10.1 Å². The van der Waals surface area contributed by atoms with Gasteiger partial charge in [0.15, 0.2) is 0 Å². The number of amides is 2. The number of nitrogens with two attached hydrogens (primary N) is 1.